The van der Waals surface area contributed by atoms with E-state index >= 15 is 0 Å². The molecule has 0 unspecified atom stereocenters. The lowest BCUT2D eigenvalue weighted by molar-refractivity contribution is -0.111. The van der Waals surface area contributed by atoms with Crippen molar-refractivity contribution in [3.8, 4) is 5.75 Å². The maximum Gasteiger partial charge on any atom is 0.249 e. The Labute approximate surface area is 124 Å². The molecule has 5 heteroatoms. The van der Waals surface area contributed by atoms with Gasteiger partial charge in [-0.2, -0.15) is 5.10 Å². The molecular weight excluding hydrogens is 266 g/mol. The number of rotatable bonds is 5. The largest absolute Gasteiger partial charge is 0.496 e. The summed E-state index contributed by atoms with van der Waals surface area (Å²) in [5.74, 6) is 1.17. The van der Waals surface area contributed by atoms with E-state index in [2.05, 4.69) is 15.5 Å². The SMILES string of the molecule is CCc1cn[nH]c1NC(=O)/C=C/c1cc(C)ccc1OC. The molecule has 5 nitrogen and oxygen atoms in total. The van der Waals surface area contributed by atoms with Crippen LogP contribution in [0.25, 0.3) is 6.08 Å². The van der Waals surface area contributed by atoms with Crippen molar-refractivity contribution in [3.63, 3.8) is 0 Å². The first kappa shape index (κ1) is 14.8. The minimum Gasteiger partial charge on any atom is -0.496 e. The number of methoxy groups -OCH3 is 1. The number of H-pyrrole nitrogens is 1. The van der Waals surface area contributed by atoms with Gasteiger partial charge < -0.3 is 10.1 Å². The monoisotopic (exact) mass is 285 g/mol. The Hall–Kier alpha value is -2.56. The maximum absolute atomic E-state index is 11.9. The van der Waals surface area contributed by atoms with Crippen LogP contribution in [0.1, 0.15) is 23.6 Å². The van der Waals surface area contributed by atoms with Crippen LogP contribution in [0.4, 0.5) is 5.82 Å². The van der Waals surface area contributed by atoms with E-state index < -0.39 is 0 Å². The zero-order chi connectivity index (χ0) is 15.2. The van der Waals surface area contributed by atoms with Gasteiger partial charge in [0.05, 0.1) is 13.3 Å². The van der Waals surface area contributed by atoms with Gasteiger partial charge >= 0.3 is 0 Å². The fourth-order valence-electron chi connectivity index (χ4n) is 2.00. The number of benzene rings is 1. The van der Waals surface area contributed by atoms with Crippen LogP contribution in [-0.4, -0.2) is 23.2 Å². The number of carbonyl (C=O) groups excluding carboxylic acids is 1. The molecule has 0 aliphatic rings. The van der Waals surface area contributed by atoms with E-state index in [-0.39, 0.29) is 5.91 Å². The Bertz CT molecular complexity index is 659. The second-order valence-electron chi connectivity index (χ2n) is 4.69. The second-order valence-corrected chi connectivity index (χ2v) is 4.69. The first-order chi connectivity index (χ1) is 10.1. The predicted molar refractivity (Wildman–Crippen MR) is 83.4 cm³/mol. The predicted octanol–water partition coefficient (Wildman–Crippen LogP) is 2.94. The molecule has 0 fully saturated rings. The van der Waals surface area contributed by atoms with E-state index in [9.17, 15) is 4.79 Å². The minimum absolute atomic E-state index is 0.211. The zero-order valence-electron chi connectivity index (χ0n) is 12.4. The van der Waals surface area contributed by atoms with Crippen molar-refractivity contribution in [1.29, 1.82) is 0 Å². The summed E-state index contributed by atoms with van der Waals surface area (Å²) in [5, 5.41) is 9.48. The molecule has 0 radical (unpaired) electrons. The van der Waals surface area contributed by atoms with Gasteiger partial charge in [-0.1, -0.05) is 18.6 Å². The quantitative estimate of drug-likeness (QED) is 0.830. The smallest absolute Gasteiger partial charge is 0.249 e. The average Bonchev–Trinajstić information content (AvgIpc) is 2.92. The highest BCUT2D eigenvalue weighted by Crippen LogP contribution is 2.21. The molecule has 0 saturated carbocycles. The number of anilines is 1. The second kappa shape index (κ2) is 6.74. The summed E-state index contributed by atoms with van der Waals surface area (Å²) in [6, 6.07) is 5.82. The maximum atomic E-state index is 11.9. The summed E-state index contributed by atoms with van der Waals surface area (Å²) in [7, 11) is 1.61. The van der Waals surface area contributed by atoms with Gasteiger partial charge in [-0.3, -0.25) is 9.89 Å². The van der Waals surface area contributed by atoms with Gasteiger partial charge in [0.15, 0.2) is 0 Å². The van der Waals surface area contributed by atoms with Crippen molar-refractivity contribution in [3.05, 3.63) is 47.2 Å². The molecule has 1 heterocycles. The standard InChI is InChI=1S/C16H19N3O2/c1-4-12-10-17-19-16(12)18-15(20)8-6-13-9-11(2)5-7-14(13)21-3/h5-10H,4H2,1-3H3,(H2,17,18,19,20)/b8-6+. The molecule has 1 amide bonds. The van der Waals surface area contributed by atoms with Crippen molar-refractivity contribution in [1.82, 2.24) is 10.2 Å². The fraction of sp³-hybridized carbons (Fsp3) is 0.250. The van der Waals surface area contributed by atoms with Gasteiger partial charge in [-0.15, -0.1) is 0 Å². The molecular formula is C16H19N3O2. The van der Waals surface area contributed by atoms with Crippen LogP contribution in [0.5, 0.6) is 5.75 Å². The molecule has 0 aliphatic carbocycles. The van der Waals surface area contributed by atoms with Crippen LogP contribution in [-0.2, 0) is 11.2 Å². The number of aryl methyl sites for hydroxylation is 2. The van der Waals surface area contributed by atoms with Crippen LogP contribution in [0, 0.1) is 6.92 Å². The topological polar surface area (TPSA) is 67.0 Å². The van der Waals surface area contributed by atoms with Crippen LogP contribution in [0.2, 0.25) is 0 Å². The Morgan fingerprint density at radius 2 is 2.29 bits per heavy atom. The summed E-state index contributed by atoms with van der Waals surface area (Å²) in [4.78, 5) is 11.9. The molecule has 0 saturated heterocycles. The molecule has 2 rings (SSSR count). The summed E-state index contributed by atoms with van der Waals surface area (Å²) in [6.45, 7) is 4.00. The van der Waals surface area contributed by atoms with Crippen LogP contribution >= 0.6 is 0 Å². The first-order valence-electron chi connectivity index (χ1n) is 6.80. The van der Waals surface area contributed by atoms with Gasteiger partial charge in [0.2, 0.25) is 5.91 Å². The van der Waals surface area contributed by atoms with E-state index in [1.54, 1.807) is 19.4 Å². The molecule has 2 aromatic rings. The lowest BCUT2D eigenvalue weighted by Crippen LogP contribution is -2.09. The highest BCUT2D eigenvalue weighted by Gasteiger charge is 2.06. The van der Waals surface area contributed by atoms with Crippen molar-refractivity contribution < 1.29 is 9.53 Å². The Kier molecular flexibility index (Phi) is 4.77. The molecule has 1 aromatic heterocycles. The van der Waals surface area contributed by atoms with Gasteiger partial charge in [0, 0.05) is 17.2 Å². The van der Waals surface area contributed by atoms with Crippen LogP contribution in [0.15, 0.2) is 30.5 Å². The Morgan fingerprint density at radius 3 is 3.00 bits per heavy atom. The Morgan fingerprint density at radius 1 is 1.48 bits per heavy atom. The van der Waals surface area contributed by atoms with E-state index in [1.165, 1.54) is 6.08 Å². The van der Waals surface area contributed by atoms with Gasteiger partial charge in [0.1, 0.15) is 11.6 Å². The zero-order valence-corrected chi connectivity index (χ0v) is 12.4. The highest BCUT2D eigenvalue weighted by atomic mass is 16.5. The van der Waals surface area contributed by atoms with E-state index in [0.29, 0.717) is 5.82 Å². The third kappa shape index (κ3) is 3.72. The van der Waals surface area contributed by atoms with Crippen molar-refractivity contribution in [2.75, 3.05) is 12.4 Å². The van der Waals surface area contributed by atoms with Crippen molar-refractivity contribution in [2.45, 2.75) is 20.3 Å². The number of aromatic nitrogens is 2. The summed E-state index contributed by atoms with van der Waals surface area (Å²) < 4.78 is 5.28. The van der Waals surface area contributed by atoms with Crippen LogP contribution in [0.3, 0.4) is 0 Å². The van der Waals surface area contributed by atoms with E-state index in [1.807, 2.05) is 32.0 Å². The number of hydrogen-bond donors (Lipinski definition) is 2. The third-order valence-electron chi connectivity index (χ3n) is 3.15. The molecule has 0 spiro atoms. The van der Waals surface area contributed by atoms with E-state index in [0.717, 1.165) is 28.9 Å². The molecule has 0 aliphatic heterocycles. The molecule has 21 heavy (non-hydrogen) atoms. The van der Waals surface area contributed by atoms with Gasteiger partial charge in [-0.25, -0.2) is 0 Å². The molecule has 0 bridgehead atoms. The normalized spacial score (nSPS) is 10.8. The third-order valence-corrected chi connectivity index (χ3v) is 3.15. The van der Waals surface area contributed by atoms with Crippen molar-refractivity contribution >= 4 is 17.8 Å². The van der Waals surface area contributed by atoms with Gasteiger partial charge in [-0.05, 0) is 31.6 Å². The number of nitrogens with zero attached hydrogens (tertiary/aromatic N) is 1. The minimum atomic E-state index is -0.211. The fourth-order valence-corrected chi connectivity index (χ4v) is 2.00. The van der Waals surface area contributed by atoms with Crippen molar-refractivity contribution in [2.24, 2.45) is 0 Å². The molecule has 1 aromatic carbocycles. The van der Waals surface area contributed by atoms with Gasteiger partial charge in [0.25, 0.3) is 0 Å². The summed E-state index contributed by atoms with van der Waals surface area (Å²) in [5.41, 5.74) is 2.95. The Balaban J connectivity index is 2.10. The highest BCUT2D eigenvalue weighted by molar-refractivity contribution is 6.01. The number of ether oxygens (including phenoxy) is 1. The number of nitrogens with one attached hydrogen (secondary N) is 2. The lowest BCUT2D eigenvalue weighted by Gasteiger charge is -2.05. The molecule has 0 atom stereocenters. The number of carbonyl (C=O) groups is 1. The number of aromatic amines is 1. The van der Waals surface area contributed by atoms with Crippen LogP contribution < -0.4 is 10.1 Å². The number of hydrogen-bond acceptors (Lipinski definition) is 3. The number of amides is 1. The van der Waals surface area contributed by atoms with E-state index in [4.69, 9.17) is 4.74 Å². The lowest BCUT2D eigenvalue weighted by atomic mass is 10.1. The summed E-state index contributed by atoms with van der Waals surface area (Å²) in [6.07, 6.45) is 5.74. The summed E-state index contributed by atoms with van der Waals surface area (Å²) >= 11 is 0. The molecule has 110 valence electrons. The first-order valence-corrected chi connectivity index (χ1v) is 6.80. The average molecular weight is 285 g/mol. The molecule has 2 N–H and O–H groups in total.